The van der Waals surface area contributed by atoms with Crippen LogP contribution in [0.4, 0.5) is 0 Å². The first-order chi connectivity index (χ1) is 8.24. The number of amides is 1. The summed E-state index contributed by atoms with van der Waals surface area (Å²) in [7, 11) is 0. The van der Waals surface area contributed by atoms with Crippen molar-refractivity contribution >= 4 is 44.4 Å². The Morgan fingerprint density at radius 1 is 1.12 bits per heavy atom. The standard InChI is InChI=1S/C13H17BrINO/c14-12-7-5-11(6-8-12)13(17)16-10-4-2-1-3-9-15/h5-8H,1-4,9-10H2,(H,16,17). The van der Waals surface area contributed by atoms with Crippen molar-refractivity contribution < 1.29 is 4.79 Å². The van der Waals surface area contributed by atoms with Gasteiger partial charge in [0.15, 0.2) is 0 Å². The fraction of sp³-hybridized carbons (Fsp3) is 0.462. The van der Waals surface area contributed by atoms with Crippen molar-refractivity contribution in [1.82, 2.24) is 5.32 Å². The molecule has 0 aliphatic heterocycles. The minimum atomic E-state index is 0.0198. The van der Waals surface area contributed by atoms with Crippen LogP contribution in [0, 0.1) is 0 Å². The molecule has 0 aliphatic carbocycles. The molecular weight excluding hydrogens is 393 g/mol. The topological polar surface area (TPSA) is 29.1 Å². The number of nitrogens with one attached hydrogen (secondary N) is 1. The molecule has 17 heavy (non-hydrogen) atoms. The van der Waals surface area contributed by atoms with E-state index in [2.05, 4.69) is 43.8 Å². The van der Waals surface area contributed by atoms with Crippen molar-refractivity contribution in [2.24, 2.45) is 0 Å². The van der Waals surface area contributed by atoms with Gasteiger partial charge in [0.05, 0.1) is 0 Å². The summed E-state index contributed by atoms with van der Waals surface area (Å²) in [6.45, 7) is 0.774. The molecule has 0 aliphatic rings. The first kappa shape index (κ1) is 15.0. The van der Waals surface area contributed by atoms with E-state index in [1.54, 1.807) is 0 Å². The number of hydrogen-bond acceptors (Lipinski definition) is 1. The smallest absolute Gasteiger partial charge is 0.251 e. The van der Waals surface area contributed by atoms with Crippen LogP contribution in [0.5, 0.6) is 0 Å². The van der Waals surface area contributed by atoms with E-state index in [1.165, 1.54) is 23.7 Å². The quantitative estimate of drug-likeness (QED) is 0.408. The first-order valence-electron chi connectivity index (χ1n) is 5.84. The Balaban J connectivity index is 2.19. The Labute approximate surface area is 125 Å². The lowest BCUT2D eigenvalue weighted by atomic mass is 10.2. The van der Waals surface area contributed by atoms with Gasteiger partial charge < -0.3 is 5.32 Å². The van der Waals surface area contributed by atoms with E-state index < -0.39 is 0 Å². The summed E-state index contributed by atoms with van der Waals surface area (Å²) in [5.74, 6) is 0.0198. The number of hydrogen-bond donors (Lipinski definition) is 1. The lowest BCUT2D eigenvalue weighted by Gasteiger charge is -2.05. The number of carbonyl (C=O) groups is 1. The Bertz CT molecular complexity index is 340. The van der Waals surface area contributed by atoms with Crippen molar-refractivity contribution in [3.05, 3.63) is 34.3 Å². The second-order valence-electron chi connectivity index (χ2n) is 3.87. The third-order valence-corrected chi connectivity index (χ3v) is 3.74. The maximum Gasteiger partial charge on any atom is 0.251 e. The van der Waals surface area contributed by atoms with Crippen molar-refractivity contribution in [1.29, 1.82) is 0 Å². The molecule has 0 radical (unpaired) electrons. The maximum absolute atomic E-state index is 11.7. The van der Waals surface area contributed by atoms with Crippen molar-refractivity contribution in [3.8, 4) is 0 Å². The summed E-state index contributed by atoms with van der Waals surface area (Å²) >= 11 is 5.75. The van der Waals surface area contributed by atoms with E-state index in [0.29, 0.717) is 0 Å². The van der Waals surface area contributed by atoms with E-state index in [0.717, 1.165) is 23.0 Å². The van der Waals surface area contributed by atoms with Gasteiger partial charge in [0.1, 0.15) is 0 Å². The summed E-state index contributed by atoms with van der Waals surface area (Å²) in [6, 6.07) is 7.43. The minimum absolute atomic E-state index is 0.0198. The molecule has 0 saturated carbocycles. The molecule has 1 aromatic rings. The molecule has 0 aromatic heterocycles. The van der Waals surface area contributed by atoms with E-state index in [-0.39, 0.29) is 5.91 Å². The molecule has 4 heteroatoms. The average molecular weight is 410 g/mol. The van der Waals surface area contributed by atoms with Gasteiger partial charge in [0.25, 0.3) is 5.91 Å². The van der Waals surface area contributed by atoms with Gasteiger partial charge in [-0.25, -0.2) is 0 Å². The molecule has 0 bridgehead atoms. The monoisotopic (exact) mass is 409 g/mol. The van der Waals surface area contributed by atoms with Crippen molar-refractivity contribution in [2.75, 3.05) is 11.0 Å². The Morgan fingerprint density at radius 2 is 1.76 bits per heavy atom. The summed E-state index contributed by atoms with van der Waals surface area (Å²) < 4.78 is 2.22. The van der Waals surface area contributed by atoms with Crippen LogP contribution >= 0.6 is 38.5 Å². The summed E-state index contributed by atoms with van der Waals surface area (Å²) in [5, 5.41) is 2.94. The fourth-order valence-electron chi connectivity index (χ4n) is 1.48. The van der Waals surface area contributed by atoms with E-state index in [4.69, 9.17) is 0 Å². The molecule has 0 unspecified atom stereocenters. The number of rotatable bonds is 7. The second kappa shape index (κ2) is 8.91. The summed E-state index contributed by atoms with van der Waals surface area (Å²) in [5.41, 5.74) is 0.723. The molecule has 1 N–H and O–H groups in total. The number of alkyl halides is 1. The van der Waals surface area contributed by atoms with Crippen LogP contribution in [-0.2, 0) is 0 Å². The van der Waals surface area contributed by atoms with Crippen molar-refractivity contribution in [3.63, 3.8) is 0 Å². The Kier molecular flexibility index (Phi) is 7.84. The molecule has 1 amide bonds. The first-order valence-corrected chi connectivity index (χ1v) is 8.15. The lowest BCUT2D eigenvalue weighted by Crippen LogP contribution is -2.24. The highest BCUT2D eigenvalue weighted by molar-refractivity contribution is 14.1. The predicted molar refractivity (Wildman–Crippen MR) is 83.8 cm³/mol. The third-order valence-electron chi connectivity index (χ3n) is 2.45. The molecule has 0 atom stereocenters. The highest BCUT2D eigenvalue weighted by atomic mass is 127. The molecule has 0 saturated heterocycles. The highest BCUT2D eigenvalue weighted by Crippen LogP contribution is 2.10. The molecule has 0 spiro atoms. The van der Waals surface area contributed by atoms with Gasteiger partial charge >= 0.3 is 0 Å². The predicted octanol–water partition coefficient (Wildman–Crippen LogP) is 4.17. The van der Waals surface area contributed by atoms with Crippen LogP contribution in [0.1, 0.15) is 36.0 Å². The normalized spacial score (nSPS) is 10.2. The summed E-state index contributed by atoms with van der Waals surface area (Å²) in [4.78, 5) is 11.7. The van der Waals surface area contributed by atoms with Gasteiger partial charge in [-0.05, 0) is 41.5 Å². The highest BCUT2D eigenvalue weighted by Gasteiger charge is 2.03. The van der Waals surface area contributed by atoms with Gasteiger partial charge in [-0.2, -0.15) is 0 Å². The van der Waals surface area contributed by atoms with Crippen LogP contribution in [0.25, 0.3) is 0 Å². The number of unbranched alkanes of at least 4 members (excludes halogenated alkanes) is 3. The SMILES string of the molecule is O=C(NCCCCCCI)c1ccc(Br)cc1. The van der Waals surface area contributed by atoms with Gasteiger partial charge in [-0.15, -0.1) is 0 Å². The lowest BCUT2D eigenvalue weighted by molar-refractivity contribution is 0.0953. The van der Waals surface area contributed by atoms with Crippen LogP contribution in [0.3, 0.4) is 0 Å². The van der Waals surface area contributed by atoms with E-state index in [1.807, 2.05) is 24.3 Å². The zero-order valence-corrected chi connectivity index (χ0v) is 13.5. The number of benzene rings is 1. The molecule has 1 rings (SSSR count). The largest absolute Gasteiger partial charge is 0.352 e. The van der Waals surface area contributed by atoms with Crippen LogP contribution in [-0.4, -0.2) is 16.9 Å². The second-order valence-corrected chi connectivity index (χ2v) is 5.86. The van der Waals surface area contributed by atoms with Gasteiger partial charge in [0.2, 0.25) is 0 Å². The molecule has 94 valence electrons. The molecule has 1 aromatic carbocycles. The van der Waals surface area contributed by atoms with Crippen LogP contribution in [0.2, 0.25) is 0 Å². The number of halogens is 2. The zero-order chi connectivity index (χ0) is 12.5. The zero-order valence-electron chi connectivity index (χ0n) is 9.72. The molecule has 2 nitrogen and oxygen atoms in total. The van der Waals surface area contributed by atoms with E-state index >= 15 is 0 Å². The Hall–Kier alpha value is -0.100. The van der Waals surface area contributed by atoms with Crippen LogP contribution in [0.15, 0.2) is 28.7 Å². The molecule has 0 fully saturated rings. The average Bonchev–Trinajstić information content (AvgIpc) is 2.34. The van der Waals surface area contributed by atoms with Gasteiger partial charge in [-0.1, -0.05) is 51.4 Å². The number of carbonyl (C=O) groups excluding carboxylic acids is 1. The van der Waals surface area contributed by atoms with Crippen molar-refractivity contribution in [2.45, 2.75) is 25.7 Å². The van der Waals surface area contributed by atoms with Crippen LogP contribution < -0.4 is 5.32 Å². The molecule has 0 heterocycles. The minimum Gasteiger partial charge on any atom is -0.352 e. The third kappa shape index (κ3) is 6.41. The fourth-order valence-corrected chi connectivity index (χ4v) is 2.28. The summed E-state index contributed by atoms with van der Waals surface area (Å²) in [6.07, 6.45) is 4.81. The van der Waals surface area contributed by atoms with E-state index in [9.17, 15) is 4.79 Å². The van der Waals surface area contributed by atoms with Gasteiger partial charge in [-0.3, -0.25) is 4.79 Å². The van der Waals surface area contributed by atoms with Gasteiger partial charge in [0, 0.05) is 16.6 Å². The molecular formula is C13H17BrINO. The maximum atomic E-state index is 11.7. The Morgan fingerprint density at radius 3 is 2.41 bits per heavy atom.